The van der Waals surface area contributed by atoms with Crippen molar-refractivity contribution >= 4 is 23.7 Å². The van der Waals surface area contributed by atoms with Gasteiger partial charge in [-0.05, 0) is 50.9 Å². The molecule has 0 unspecified atom stereocenters. The van der Waals surface area contributed by atoms with Gasteiger partial charge in [-0.25, -0.2) is 0 Å². The van der Waals surface area contributed by atoms with Crippen LogP contribution in [0.15, 0.2) is 23.0 Å². The Morgan fingerprint density at radius 3 is 2.92 bits per heavy atom. The molecule has 2 aromatic heterocycles. The average Bonchev–Trinajstić information content (AvgIpc) is 3.19. The molecule has 0 aromatic carbocycles. The van der Waals surface area contributed by atoms with E-state index in [4.69, 9.17) is 4.74 Å². The number of H-pyrrole nitrogens is 1. The lowest BCUT2D eigenvalue weighted by Crippen LogP contribution is -2.32. The first-order valence-electron chi connectivity index (χ1n) is 8.67. The van der Waals surface area contributed by atoms with Crippen molar-refractivity contribution in [2.75, 3.05) is 20.3 Å². The molecule has 138 valence electrons. The molecule has 6 heteroatoms. The summed E-state index contributed by atoms with van der Waals surface area (Å²) < 4.78 is 5.35. The van der Waals surface area contributed by atoms with Crippen molar-refractivity contribution in [1.82, 2.24) is 9.88 Å². The van der Waals surface area contributed by atoms with Gasteiger partial charge in [-0.15, -0.1) is 23.7 Å². The monoisotopic (exact) mass is 382 g/mol. The number of halogens is 1. The molecule has 1 N–H and O–H groups in total. The fourth-order valence-electron chi connectivity index (χ4n) is 3.48. The highest BCUT2D eigenvalue weighted by molar-refractivity contribution is 7.15. The predicted molar refractivity (Wildman–Crippen MR) is 107 cm³/mol. The number of aromatic amines is 1. The van der Waals surface area contributed by atoms with Crippen LogP contribution in [0, 0.1) is 6.92 Å². The SMILES string of the molecule is CCc1cc(-c2ccc(CN3CCC[C@H]3COC)s2)c(C)[nH]c1=O.Cl. The smallest absolute Gasteiger partial charge is 0.251 e. The van der Waals surface area contributed by atoms with Crippen LogP contribution in [0.3, 0.4) is 0 Å². The maximum absolute atomic E-state index is 11.9. The molecule has 1 saturated heterocycles. The molecule has 3 heterocycles. The number of methoxy groups -OCH3 is 1. The van der Waals surface area contributed by atoms with E-state index in [-0.39, 0.29) is 18.0 Å². The molecule has 1 atom stereocenters. The summed E-state index contributed by atoms with van der Waals surface area (Å²) in [5, 5.41) is 0. The second-order valence-electron chi connectivity index (χ2n) is 6.50. The number of aromatic nitrogens is 1. The lowest BCUT2D eigenvalue weighted by molar-refractivity contribution is 0.112. The third kappa shape index (κ3) is 4.53. The summed E-state index contributed by atoms with van der Waals surface area (Å²) >= 11 is 1.83. The highest BCUT2D eigenvalue weighted by Gasteiger charge is 2.24. The van der Waals surface area contributed by atoms with Crippen molar-refractivity contribution in [1.29, 1.82) is 0 Å². The van der Waals surface area contributed by atoms with Crippen LogP contribution in [0.1, 0.15) is 35.9 Å². The maximum Gasteiger partial charge on any atom is 0.251 e. The number of aryl methyl sites for hydroxylation is 2. The summed E-state index contributed by atoms with van der Waals surface area (Å²) in [6, 6.07) is 7.00. The third-order valence-corrected chi connectivity index (χ3v) is 5.94. The molecule has 1 aliphatic heterocycles. The van der Waals surface area contributed by atoms with Crippen molar-refractivity contribution in [2.45, 2.75) is 45.7 Å². The van der Waals surface area contributed by atoms with Gasteiger partial charge in [0.25, 0.3) is 5.56 Å². The minimum absolute atomic E-state index is 0. The highest BCUT2D eigenvalue weighted by Crippen LogP contribution is 2.32. The molecule has 0 radical (unpaired) electrons. The van der Waals surface area contributed by atoms with Gasteiger partial charge >= 0.3 is 0 Å². The molecular weight excluding hydrogens is 356 g/mol. The van der Waals surface area contributed by atoms with Crippen LogP contribution >= 0.6 is 23.7 Å². The van der Waals surface area contributed by atoms with Gasteiger partial charge in [0.2, 0.25) is 0 Å². The Kier molecular flexibility index (Phi) is 7.25. The first kappa shape index (κ1) is 20.2. The minimum Gasteiger partial charge on any atom is -0.383 e. The molecule has 4 nitrogen and oxygen atoms in total. The van der Waals surface area contributed by atoms with E-state index in [1.807, 2.05) is 31.3 Å². The summed E-state index contributed by atoms with van der Waals surface area (Å²) in [4.78, 5) is 20.0. The Morgan fingerprint density at radius 1 is 1.40 bits per heavy atom. The zero-order chi connectivity index (χ0) is 17.1. The fourth-order valence-corrected chi connectivity index (χ4v) is 4.58. The first-order valence-corrected chi connectivity index (χ1v) is 9.49. The normalized spacial score (nSPS) is 17.6. The van der Waals surface area contributed by atoms with Crippen LogP contribution in [0.4, 0.5) is 0 Å². The Bertz CT molecular complexity index is 756. The summed E-state index contributed by atoms with van der Waals surface area (Å²) in [5.74, 6) is 0. The van der Waals surface area contributed by atoms with Gasteiger partial charge in [0, 0.05) is 46.3 Å². The van der Waals surface area contributed by atoms with E-state index in [1.54, 1.807) is 7.11 Å². The summed E-state index contributed by atoms with van der Waals surface area (Å²) in [5.41, 5.74) is 2.99. The first-order chi connectivity index (χ1) is 11.6. The molecule has 3 rings (SSSR count). The standard InChI is InChI=1S/C19H26N2O2S.ClH/c1-4-14-10-17(13(2)20-19(14)22)18-8-7-16(24-18)11-21-9-5-6-15(21)12-23-3;/h7-8,10,15H,4-6,9,11-12H2,1-3H3,(H,20,22);1H/t15-;/m0./s1. The van der Waals surface area contributed by atoms with E-state index in [2.05, 4.69) is 22.0 Å². The van der Waals surface area contributed by atoms with Crippen LogP contribution in [0.2, 0.25) is 0 Å². The molecule has 1 aliphatic rings. The highest BCUT2D eigenvalue weighted by atomic mass is 35.5. The molecule has 1 fully saturated rings. The van der Waals surface area contributed by atoms with Gasteiger partial charge in [-0.3, -0.25) is 9.69 Å². The molecule has 2 aromatic rings. The number of nitrogens with zero attached hydrogens (tertiary/aromatic N) is 1. The van der Waals surface area contributed by atoms with Crippen LogP contribution in [0.25, 0.3) is 10.4 Å². The van der Waals surface area contributed by atoms with Crippen LogP contribution in [-0.2, 0) is 17.7 Å². The van der Waals surface area contributed by atoms with Gasteiger partial charge in [0.15, 0.2) is 0 Å². The Hall–Kier alpha value is -1.14. The number of hydrogen-bond acceptors (Lipinski definition) is 4. The number of pyridine rings is 1. The number of ether oxygens (including phenoxy) is 1. The maximum atomic E-state index is 11.9. The van der Waals surface area contributed by atoms with E-state index in [0.29, 0.717) is 6.04 Å². The fraction of sp³-hybridized carbons (Fsp3) is 0.526. The molecule has 0 bridgehead atoms. The van der Waals surface area contributed by atoms with E-state index >= 15 is 0 Å². The van der Waals surface area contributed by atoms with Crippen LogP contribution in [-0.4, -0.2) is 36.2 Å². The quantitative estimate of drug-likeness (QED) is 0.821. The molecule has 0 saturated carbocycles. The van der Waals surface area contributed by atoms with E-state index < -0.39 is 0 Å². The number of hydrogen-bond donors (Lipinski definition) is 1. The second-order valence-corrected chi connectivity index (χ2v) is 7.67. The predicted octanol–water partition coefficient (Wildman–Crippen LogP) is 4.01. The third-order valence-electron chi connectivity index (χ3n) is 4.84. The van der Waals surface area contributed by atoms with Gasteiger partial charge in [0.1, 0.15) is 0 Å². The minimum atomic E-state index is 0. The van der Waals surface area contributed by atoms with Crippen molar-refractivity contribution in [2.24, 2.45) is 0 Å². The van der Waals surface area contributed by atoms with Crippen LogP contribution < -0.4 is 5.56 Å². The Balaban J connectivity index is 0.00000225. The summed E-state index contributed by atoms with van der Waals surface area (Å²) in [7, 11) is 1.78. The molecule has 0 spiro atoms. The lowest BCUT2D eigenvalue weighted by Gasteiger charge is -2.22. The zero-order valence-corrected chi connectivity index (χ0v) is 16.8. The van der Waals surface area contributed by atoms with Gasteiger partial charge in [0.05, 0.1) is 6.61 Å². The largest absolute Gasteiger partial charge is 0.383 e. The van der Waals surface area contributed by atoms with Crippen molar-refractivity contribution in [3.05, 3.63) is 44.7 Å². The van der Waals surface area contributed by atoms with Crippen LogP contribution in [0.5, 0.6) is 0 Å². The topological polar surface area (TPSA) is 45.3 Å². The molecular formula is C19H27ClN2O2S. The molecule has 0 amide bonds. The number of likely N-dealkylation sites (tertiary alicyclic amines) is 1. The Morgan fingerprint density at radius 2 is 2.20 bits per heavy atom. The Labute approximate surface area is 159 Å². The van der Waals surface area contributed by atoms with Gasteiger partial charge < -0.3 is 9.72 Å². The molecule has 25 heavy (non-hydrogen) atoms. The van der Waals surface area contributed by atoms with Gasteiger partial charge in [-0.1, -0.05) is 6.92 Å². The lowest BCUT2D eigenvalue weighted by atomic mass is 10.1. The summed E-state index contributed by atoms with van der Waals surface area (Å²) in [6.07, 6.45) is 3.24. The zero-order valence-electron chi connectivity index (χ0n) is 15.1. The van der Waals surface area contributed by atoms with E-state index in [1.165, 1.54) is 22.6 Å². The van der Waals surface area contributed by atoms with Gasteiger partial charge in [-0.2, -0.15) is 0 Å². The number of thiophene rings is 1. The average molecular weight is 383 g/mol. The van der Waals surface area contributed by atoms with Crippen molar-refractivity contribution in [3.63, 3.8) is 0 Å². The molecule has 0 aliphatic carbocycles. The van der Waals surface area contributed by atoms with Crippen molar-refractivity contribution in [3.8, 4) is 10.4 Å². The van der Waals surface area contributed by atoms with E-state index in [9.17, 15) is 4.79 Å². The summed E-state index contributed by atoms with van der Waals surface area (Å²) in [6.45, 7) is 6.95. The van der Waals surface area contributed by atoms with E-state index in [0.717, 1.165) is 42.9 Å². The number of rotatable bonds is 6. The van der Waals surface area contributed by atoms with Crippen molar-refractivity contribution < 1.29 is 4.74 Å². The second kappa shape index (κ2) is 8.99. The number of nitrogens with one attached hydrogen (secondary N) is 1.